The minimum absolute atomic E-state index is 0.0810. The van der Waals surface area contributed by atoms with Gasteiger partial charge in [0, 0.05) is 30.1 Å². The van der Waals surface area contributed by atoms with E-state index >= 15 is 0 Å². The average molecular weight is 365 g/mol. The summed E-state index contributed by atoms with van der Waals surface area (Å²) in [6.45, 7) is 0.904. The predicted molar refractivity (Wildman–Crippen MR) is 104 cm³/mol. The van der Waals surface area contributed by atoms with E-state index in [4.69, 9.17) is 9.47 Å². The first-order chi connectivity index (χ1) is 13.3. The maximum Gasteiger partial charge on any atom is 0.251 e. The van der Waals surface area contributed by atoms with Gasteiger partial charge >= 0.3 is 0 Å². The molecule has 2 heterocycles. The molecule has 140 valence electrons. The lowest BCUT2D eigenvalue weighted by molar-refractivity contribution is 0.0954. The van der Waals surface area contributed by atoms with Crippen molar-refractivity contribution in [3.05, 3.63) is 53.7 Å². The van der Waals surface area contributed by atoms with Crippen molar-refractivity contribution in [3.63, 3.8) is 0 Å². The van der Waals surface area contributed by atoms with E-state index < -0.39 is 0 Å². The first-order valence-corrected chi connectivity index (χ1v) is 9.37. The van der Waals surface area contributed by atoms with Crippen LogP contribution in [0.2, 0.25) is 0 Å². The van der Waals surface area contributed by atoms with E-state index in [1.807, 2.05) is 18.2 Å². The Bertz CT molecular complexity index is 864. The fourth-order valence-electron chi connectivity index (χ4n) is 3.33. The maximum absolute atomic E-state index is 12.4. The molecule has 0 saturated heterocycles. The standard InChI is InChI=1S/C21H23N3O3/c25-21(23-10-8-15-4-2-1-3-5-15)16-9-11-22-20(12-16)24-17-6-7-18-19(13-17)27-14-26-18/h4,6-7,9,11-13H,1-3,5,8,10,14H2,(H,22,24)(H,23,25). The first-order valence-electron chi connectivity index (χ1n) is 9.37. The van der Waals surface area contributed by atoms with Crippen molar-refractivity contribution in [2.24, 2.45) is 0 Å². The Morgan fingerprint density at radius 1 is 1.11 bits per heavy atom. The lowest BCUT2D eigenvalue weighted by Gasteiger charge is -2.13. The molecule has 6 heteroatoms. The second-order valence-corrected chi connectivity index (χ2v) is 6.74. The van der Waals surface area contributed by atoms with Gasteiger partial charge in [0.1, 0.15) is 5.82 Å². The quantitative estimate of drug-likeness (QED) is 0.752. The maximum atomic E-state index is 12.4. The minimum atomic E-state index is -0.0810. The molecular weight excluding hydrogens is 342 g/mol. The Morgan fingerprint density at radius 3 is 2.93 bits per heavy atom. The number of aromatic nitrogens is 1. The highest BCUT2D eigenvalue weighted by molar-refractivity contribution is 5.94. The molecule has 0 radical (unpaired) electrons. The third kappa shape index (κ3) is 4.39. The molecule has 1 aliphatic carbocycles. The molecule has 0 bridgehead atoms. The molecule has 27 heavy (non-hydrogen) atoms. The van der Waals surface area contributed by atoms with Crippen LogP contribution in [0.5, 0.6) is 11.5 Å². The second kappa shape index (κ2) is 8.12. The molecule has 0 spiro atoms. The number of carbonyl (C=O) groups is 1. The number of rotatable bonds is 6. The van der Waals surface area contributed by atoms with Crippen molar-refractivity contribution in [1.82, 2.24) is 10.3 Å². The van der Waals surface area contributed by atoms with Gasteiger partial charge in [-0.05, 0) is 56.4 Å². The second-order valence-electron chi connectivity index (χ2n) is 6.74. The number of nitrogens with zero attached hydrogens (tertiary/aromatic N) is 1. The summed E-state index contributed by atoms with van der Waals surface area (Å²) in [4.78, 5) is 16.7. The Balaban J connectivity index is 1.35. The molecule has 1 aromatic heterocycles. The van der Waals surface area contributed by atoms with Crippen LogP contribution in [-0.2, 0) is 0 Å². The van der Waals surface area contributed by atoms with Gasteiger partial charge in [-0.15, -0.1) is 0 Å². The predicted octanol–water partition coefficient (Wildman–Crippen LogP) is 4.17. The summed E-state index contributed by atoms with van der Waals surface area (Å²) in [6, 6.07) is 9.06. The Kier molecular flexibility index (Phi) is 5.23. The number of hydrogen-bond donors (Lipinski definition) is 2. The lowest BCUT2D eigenvalue weighted by atomic mass is 9.97. The summed E-state index contributed by atoms with van der Waals surface area (Å²) < 4.78 is 10.7. The van der Waals surface area contributed by atoms with Gasteiger partial charge in [0.25, 0.3) is 5.91 Å². The van der Waals surface area contributed by atoms with Gasteiger partial charge in [-0.25, -0.2) is 4.98 Å². The molecule has 1 amide bonds. The highest BCUT2D eigenvalue weighted by Gasteiger charge is 2.14. The molecule has 2 N–H and O–H groups in total. The smallest absolute Gasteiger partial charge is 0.251 e. The van der Waals surface area contributed by atoms with Crippen molar-refractivity contribution >= 4 is 17.4 Å². The fourth-order valence-corrected chi connectivity index (χ4v) is 3.33. The van der Waals surface area contributed by atoms with Crippen molar-refractivity contribution in [1.29, 1.82) is 0 Å². The van der Waals surface area contributed by atoms with E-state index in [1.165, 1.54) is 24.8 Å². The molecular formula is C21H23N3O3. The first kappa shape index (κ1) is 17.4. The summed E-state index contributed by atoms with van der Waals surface area (Å²) >= 11 is 0. The van der Waals surface area contributed by atoms with E-state index in [0.717, 1.165) is 24.3 Å². The van der Waals surface area contributed by atoms with Gasteiger partial charge < -0.3 is 20.1 Å². The largest absolute Gasteiger partial charge is 0.454 e. The number of nitrogens with one attached hydrogen (secondary N) is 2. The summed E-state index contributed by atoms with van der Waals surface area (Å²) in [7, 11) is 0. The molecule has 0 fully saturated rings. The third-order valence-electron chi connectivity index (χ3n) is 4.78. The van der Waals surface area contributed by atoms with Crippen molar-refractivity contribution in [3.8, 4) is 11.5 Å². The molecule has 0 unspecified atom stereocenters. The number of anilines is 2. The number of hydrogen-bond acceptors (Lipinski definition) is 5. The molecule has 2 aliphatic rings. The summed E-state index contributed by atoms with van der Waals surface area (Å²) in [5.41, 5.74) is 2.88. The zero-order chi connectivity index (χ0) is 18.5. The van der Waals surface area contributed by atoms with Crippen LogP contribution < -0.4 is 20.1 Å². The van der Waals surface area contributed by atoms with Crippen LogP contribution in [-0.4, -0.2) is 24.2 Å². The SMILES string of the molecule is O=C(NCCC1=CCCCC1)c1ccnc(Nc2ccc3c(c2)OCO3)c1. The van der Waals surface area contributed by atoms with Gasteiger partial charge in [-0.2, -0.15) is 0 Å². The van der Waals surface area contributed by atoms with Crippen molar-refractivity contribution in [2.45, 2.75) is 32.1 Å². The number of fused-ring (bicyclic) bond motifs is 1. The summed E-state index contributed by atoms with van der Waals surface area (Å²) in [5.74, 6) is 1.96. The molecule has 2 aromatic rings. The number of allylic oxidation sites excluding steroid dienone is 1. The fraction of sp³-hybridized carbons (Fsp3) is 0.333. The number of carbonyl (C=O) groups excluding carboxylic acids is 1. The summed E-state index contributed by atoms with van der Waals surface area (Å²) in [6.07, 6.45) is 9.75. The van der Waals surface area contributed by atoms with Crippen LogP contribution in [0.25, 0.3) is 0 Å². The number of ether oxygens (including phenoxy) is 2. The normalized spacial score (nSPS) is 15.2. The van der Waals surface area contributed by atoms with Crippen LogP contribution in [0.4, 0.5) is 11.5 Å². The number of pyridine rings is 1. The minimum Gasteiger partial charge on any atom is -0.454 e. The van der Waals surface area contributed by atoms with Gasteiger partial charge in [0.05, 0.1) is 0 Å². The lowest BCUT2D eigenvalue weighted by Crippen LogP contribution is -2.25. The molecule has 1 aromatic carbocycles. The van der Waals surface area contributed by atoms with E-state index in [9.17, 15) is 4.79 Å². The van der Waals surface area contributed by atoms with E-state index in [-0.39, 0.29) is 12.7 Å². The monoisotopic (exact) mass is 365 g/mol. The van der Waals surface area contributed by atoms with Crippen LogP contribution in [0.15, 0.2) is 48.2 Å². The molecule has 6 nitrogen and oxygen atoms in total. The molecule has 1 aliphatic heterocycles. The number of benzene rings is 1. The third-order valence-corrected chi connectivity index (χ3v) is 4.78. The van der Waals surface area contributed by atoms with Crippen LogP contribution in [0.1, 0.15) is 42.5 Å². The van der Waals surface area contributed by atoms with Crippen LogP contribution in [0.3, 0.4) is 0 Å². The van der Waals surface area contributed by atoms with Gasteiger partial charge in [0.15, 0.2) is 11.5 Å². The molecule has 4 rings (SSSR count). The van der Waals surface area contributed by atoms with E-state index in [2.05, 4.69) is 21.7 Å². The Hall–Kier alpha value is -3.02. The van der Waals surface area contributed by atoms with Gasteiger partial charge in [-0.3, -0.25) is 4.79 Å². The zero-order valence-corrected chi connectivity index (χ0v) is 15.2. The highest BCUT2D eigenvalue weighted by Crippen LogP contribution is 2.34. The number of amides is 1. The van der Waals surface area contributed by atoms with E-state index in [0.29, 0.717) is 23.7 Å². The van der Waals surface area contributed by atoms with Crippen LogP contribution in [0, 0.1) is 0 Å². The van der Waals surface area contributed by atoms with Gasteiger partial charge in [-0.1, -0.05) is 11.6 Å². The van der Waals surface area contributed by atoms with Crippen molar-refractivity contribution < 1.29 is 14.3 Å². The molecule has 0 saturated carbocycles. The topological polar surface area (TPSA) is 72.5 Å². The van der Waals surface area contributed by atoms with E-state index in [1.54, 1.807) is 18.3 Å². The Labute approximate surface area is 158 Å². The Morgan fingerprint density at radius 2 is 2.04 bits per heavy atom. The van der Waals surface area contributed by atoms with Crippen LogP contribution >= 0.6 is 0 Å². The highest BCUT2D eigenvalue weighted by atomic mass is 16.7. The zero-order valence-electron chi connectivity index (χ0n) is 15.2. The van der Waals surface area contributed by atoms with Gasteiger partial charge in [0.2, 0.25) is 6.79 Å². The summed E-state index contributed by atoms with van der Waals surface area (Å²) in [5, 5.41) is 6.20. The average Bonchev–Trinajstić information content (AvgIpc) is 3.17. The molecule has 0 atom stereocenters. The van der Waals surface area contributed by atoms with Crippen molar-refractivity contribution in [2.75, 3.05) is 18.7 Å².